The molecule has 0 radical (unpaired) electrons. The lowest BCUT2D eigenvalue weighted by Gasteiger charge is -2.07. The summed E-state index contributed by atoms with van der Waals surface area (Å²) in [6.07, 6.45) is 0. The molecule has 3 aromatic rings. The van der Waals surface area contributed by atoms with Gasteiger partial charge in [0.25, 0.3) is 5.69 Å². The number of amides is 1. The maximum atomic E-state index is 12.1. The number of carbonyl (C=O) groups excluding carboxylic acids is 1. The van der Waals surface area contributed by atoms with Crippen LogP contribution in [0.2, 0.25) is 5.28 Å². The van der Waals surface area contributed by atoms with Crippen LogP contribution in [-0.4, -0.2) is 20.4 Å². The van der Waals surface area contributed by atoms with Crippen molar-refractivity contribution < 1.29 is 9.72 Å². The van der Waals surface area contributed by atoms with Gasteiger partial charge in [-0.1, -0.05) is 12.1 Å². The van der Waals surface area contributed by atoms with Crippen molar-refractivity contribution in [1.29, 1.82) is 0 Å². The van der Waals surface area contributed by atoms with Crippen LogP contribution in [0, 0.1) is 10.1 Å². The average molecular weight is 331 g/mol. The number of non-ortho nitro benzene ring substituents is 1. The van der Waals surface area contributed by atoms with Gasteiger partial charge in [-0.25, -0.2) is 4.98 Å². The van der Waals surface area contributed by atoms with Crippen LogP contribution in [0.15, 0.2) is 48.5 Å². The summed E-state index contributed by atoms with van der Waals surface area (Å²) in [4.78, 5) is 26.4. The normalized spacial score (nSPS) is 10.7. The fourth-order valence-corrected chi connectivity index (χ4v) is 2.45. The molecule has 0 bridgehead atoms. The minimum absolute atomic E-state index is 0.00364. The van der Waals surface area contributed by atoms with Gasteiger partial charge in [0.15, 0.2) is 0 Å². The Morgan fingerprint density at radius 1 is 1.22 bits per heavy atom. The molecule has 0 saturated carbocycles. The number of halogens is 1. The molecule has 1 aromatic heterocycles. The summed E-state index contributed by atoms with van der Waals surface area (Å²) in [5.41, 5.74) is 1.91. The van der Waals surface area contributed by atoms with Gasteiger partial charge >= 0.3 is 0 Å². The third-order valence-corrected chi connectivity index (χ3v) is 3.56. The topological polar surface area (TPSA) is 90.1 Å². The predicted octanol–water partition coefficient (Wildman–Crippen LogP) is 3.24. The molecule has 0 atom stereocenters. The molecule has 0 fully saturated rings. The predicted molar refractivity (Wildman–Crippen MR) is 86.5 cm³/mol. The van der Waals surface area contributed by atoms with Crippen molar-refractivity contribution in [3.05, 3.63) is 63.9 Å². The van der Waals surface area contributed by atoms with E-state index in [1.807, 2.05) is 24.3 Å². The summed E-state index contributed by atoms with van der Waals surface area (Å²) < 4.78 is 1.59. The highest BCUT2D eigenvalue weighted by Crippen LogP contribution is 2.20. The summed E-state index contributed by atoms with van der Waals surface area (Å²) in [6.45, 7) is -0.00364. The molecular weight excluding hydrogens is 320 g/mol. The van der Waals surface area contributed by atoms with Crippen LogP contribution in [0.5, 0.6) is 0 Å². The Balaban J connectivity index is 1.76. The first-order valence-corrected chi connectivity index (χ1v) is 7.07. The van der Waals surface area contributed by atoms with Gasteiger partial charge < -0.3 is 9.88 Å². The van der Waals surface area contributed by atoms with Crippen molar-refractivity contribution in [3.63, 3.8) is 0 Å². The average Bonchev–Trinajstić information content (AvgIpc) is 2.84. The zero-order valence-corrected chi connectivity index (χ0v) is 12.5. The molecule has 0 aliphatic carbocycles. The van der Waals surface area contributed by atoms with Gasteiger partial charge in [-0.05, 0) is 35.9 Å². The minimum Gasteiger partial charge on any atom is -0.325 e. The molecular formula is C15H11ClN4O3. The van der Waals surface area contributed by atoms with Gasteiger partial charge in [0, 0.05) is 17.8 Å². The number of carbonyl (C=O) groups is 1. The van der Waals surface area contributed by atoms with Crippen LogP contribution < -0.4 is 5.32 Å². The van der Waals surface area contributed by atoms with Gasteiger partial charge in [0.05, 0.1) is 16.0 Å². The molecule has 116 valence electrons. The number of rotatable bonds is 4. The number of imidazole rings is 1. The molecule has 0 unspecified atom stereocenters. The third-order valence-electron chi connectivity index (χ3n) is 3.27. The Hall–Kier alpha value is -2.93. The molecule has 1 heterocycles. The summed E-state index contributed by atoms with van der Waals surface area (Å²) in [5, 5.41) is 13.5. The Labute approximate surface area is 135 Å². The van der Waals surface area contributed by atoms with E-state index in [2.05, 4.69) is 10.3 Å². The van der Waals surface area contributed by atoms with Crippen molar-refractivity contribution in [2.24, 2.45) is 0 Å². The summed E-state index contributed by atoms with van der Waals surface area (Å²) in [5.74, 6) is -0.302. The van der Waals surface area contributed by atoms with E-state index < -0.39 is 4.92 Å². The number of para-hydroxylation sites is 2. The van der Waals surface area contributed by atoms with Gasteiger partial charge in [-0.15, -0.1) is 0 Å². The van der Waals surface area contributed by atoms with Gasteiger partial charge in [0.1, 0.15) is 6.54 Å². The first-order chi connectivity index (χ1) is 11.0. The summed E-state index contributed by atoms with van der Waals surface area (Å²) in [7, 11) is 0. The van der Waals surface area contributed by atoms with Crippen LogP contribution in [0.1, 0.15) is 0 Å². The van der Waals surface area contributed by atoms with Crippen molar-refractivity contribution in [3.8, 4) is 0 Å². The van der Waals surface area contributed by atoms with E-state index in [1.54, 1.807) is 4.57 Å². The van der Waals surface area contributed by atoms with E-state index in [4.69, 9.17) is 11.6 Å². The molecule has 1 N–H and O–H groups in total. The number of nitro benzene ring substituents is 1. The molecule has 1 amide bonds. The maximum absolute atomic E-state index is 12.1. The molecule has 0 aliphatic heterocycles. The highest BCUT2D eigenvalue weighted by Gasteiger charge is 2.12. The van der Waals surface area contributed by atoms with Crippen molar-refractivity contribution in [2.45, 2.75) is 6.54 Å². The van der Waals surface area contributed by atoms with Gasteiger partial charge in [0.2, 0.25) is 11.2 Å². The second-order valence-corrected chi connectivity index (χ2v) is 5.15. The molecule has 8 heteroatoms. The lowest BCUT2D eigenvalue weighted by Crippen LogP contribution is -2.18. The summed E-state index contributed by atoms with van der Waals surface area (Å²) >= 11 is 6.07. The lowest BCUT2D eigenvalue weighted by molar-refractivity contribution is -0.384. The first kappa shape index (κ1) is 15.0. The van der Waals surface area contributed by atoms with E-state index in [9.17, 15) is 14.9 Å². The molecule has 23 heavy (non-hydrogen) atoms. The molecule has 7 nitrogen and oxygen atoms in total. The SMILES string of the molecule is O=C(Cn1c(Cl)nc2ccccc21)Nc1ccc([N+](=O)[O-])cc1. The third kappa shape index (κ3) is 3.14. The largest absolute Gasteiger partial charge is 0.325 e. The fourth-order valence-electron chi connectivity index (χ4n) is 2.21. The van der Waals surface area contributed by atoms with E-state index in [0.717, 1.165) is 5.52 Å². The van der Waals surface area contributed by atoms with Crippen molar-refractivity contribution >= 4 is 39.9 Å². The summed E-state index contributed by atoms with van der Waals surface area (Å²) in [6, 6.07) is 12.9. The zero-order chi connectivity index (χ0) is 16.4. The molecule has 3 rings (SSSR count). The minimum atomic E-state index is -0.497. The Morgan fingerprint density at radius 2 is 1.91 bits per heavy atom. The van der Waals surface area contributed by atoms with E-state index in [-0.39, 0.29) is 23.4 Å². The number of nitro groups is 1. The quantitative estimate of drug-likeness (QED) is 0.587. The Kier molecular flexibility index (Phi) is 3.94. The number of benzene rings is 2. The first-order valence-electron chi connectivity index (χ1n) is 6.69. The highest BCUT2D eigenvalue weighted by molar-refractivity contribution is 6.29. The number of hydrogen-bond acceptors (Lipinski definition) is 4. The highest BCUT2D eigenvalue weighted by atomic mass is 35.5. The van der Waals surface area contributed by atoms with Crippen LogP contribution in [0.25, 0.3) is 11.0 Å². The maximum Gasteiger partial charge on any atom is 0.269 e. The Morgan fingerprint density at radius 3 is 2.61 bits per heavy atom. The lowest BCUT2D eigenvalue weighted by atomic mass is 10.3. The number of aromatic nitrogens is 2. The molecule has 2 aromatic carbocycles. The number of nitrogens with zero attached hydrogens (tertiary/aromatic N) is 3. The molecule has 0 saturated heterocycles. The van der Waals surface area contributed by atoms with Crippen LogP contribution in [0.3, 0.4) is 0 Å². The molecule has 0 aliphatic rings. The van der Waals surface area contributed by atoms with Crippen LogP contribution in [-0.2, 0) is 11.3 Å². The second kappa shape index (κ2) is 6.05. The Bertz CT molecular complexity index is 889. The fraction of sp³-hybridized carbons (Fsp3) is 0.0667. The number of anilines is 1. The van der Waals surface area contributed by atoms with Gasteiger partial charge in [-0.2, -0.15) is 0 Å². The van der Waals surface area contributed by atoms with Gasteiger partial charge in [-0.3, -0.25) is 14.9 Å². The van der Waals surface area contributed by atoms with E-state index in [1.165, 1.54) is 24.3 Å². The second-order valence-electron chi connectivity index (χ2n) is 4.81. The number of nitrogens with one attached hydrogen (secondary N) is 1. The van der Waals surface area contributed by atoms with Crippen molar-refractivity contribution in [1.82, 2.24) is 9.55 Å². The zero-order valence-electron chi connectivity index (χ0n) is 11.8. The monoisotopic (exact) mass is 330 g/mol. The van der Waals surface area contributed by atoms with Crippen LogP contribution >= 0.6 is 11.6 Å². The smallest absolute Gasteiger partial charge is 0.269 e. The van der Waals surface area contributed by atoms with E-state index >= 15 is 0 Å². The standard InChI is InChI=1S/C15H11ClN4O3/c16-15-18-12-3-1-2-4-13(12)19(15)9-14(21)17-10-5-7-11(8-6-10)20(22)23/h1-8H,9H2,(H,17,21). The van der Waals surface area contributed by atoms with Crippen LogP contribution in [0.4, 0.5) is 11.4 Å². The number of hydrogen-bond donors (Lipinski definition) is 1. The van der Waals surface area contributed by atoms with E-state index in [0.29, 0.717) is 11.2 Å². The van der Waals surface area contributed by atoms with Crippen molar-refractivity contribution in [2.75, 3.05) is 5.32 Å². The molecule has 0 spiro atoms. The number of fused-ring (bicyclic) bond motifs is 1.